The van der Waals surface area contributed by atoms with Gasteiger partial charge in [0.2, 0.25) is 0 Å². The van der Waals surface area contributed by atoms with E-state index >= 15 is 0 Å². The summed E-state index contributed by atoms with van der Waals surface area (Å²) in [6.45, 7) is 8.99. The van der Waals surface area contributed by atoms with E-state index in [1.807, 2.05) is 23.5 Å². The maximum absolute atomic E-state index is 12.7. The van der Waals surface area contributed by atoms with Crippen molar-refractivity contribution in [3.63, 3.8) is 0 Å². The number of carbonyl (C=O) groups is 1. The van der Waals surface area contributed by atoms with Crippen molar-refractivity contribution < 1.29 is 9.22 Å². The fourth-order valence-electron chi connectivity index (χ4n) is 3.93. The molecular formula is C13H22O2S2Si. The van der Waals surface area contributed by atoms with Crippen LogP contribution in [0, 0.1) is 11.8 Å². The summed E-state index contributed by atoms with van der Waals surface area (Å²) in [6.07, 6.45) is 2.25. The van der Waals surface area contributed by atoms with E-state index < -0.39 is 8.32 Å². The van der Waals surface area contributed by atoms with Crippen LogP contribution < -0.4 is 0 Å². The number of thioether (sulfide) groups is 2. The van der Waals surface area contributed by atoms with Crippen LogP contribution in [0.1, 0.15) is 19.8 Å². The summed E-state index contributed by atoms with van der Waals surface area (Å²) in [5.74, 6) is 3.39. The Morgan fingerprint density at radius 2 is 1.89 bits per heavy atom. The molecule has 1 saturated heterocycles. The highest BCUT2D eigenvalue weighted by Gasteiger charge is 2.78. The van der Waals surface area contributed by atoms with E-state index in [1.165, 1.54) is 0 Å². The van der Waals surface area contributed by atoms with Crippen molar-refractivity contribution in [1.82, 2.24) is 0 Å². The number of hydrogen-bond donors (Lipinski definition) is 0. The molecule has 0 bridgehead atoms. The molecular weight excluding hydrogens is 280 g/mol. The molecule has 3 rings (SSSR count). The maximum Gasteiger partial charge on any atom is 0.184 e. The standard InChI is InChI=1S/C13H22O2S2Si/c1-9-5-6-12(15-18(2,3)4)10(9)11(14)13(12)16-7-8-17-13/h9-10H,5-8H2,1-4H3/t9-,10-,12+/m0/s1. The SMILES string of the molecule is C[C@H]1CC[C@@]2(O[Si](C)(C)C)[C@@H]1C(=O)C21SCCS1. The van der Waals surface area contributed by atoms with Gasteiger partial charge in [0.1, 0.15) is 4.08 Å². The van der Waals surface area contributed by atoms with Crippen LogP contribution in [0.3, 0.4) is 0 Å². The molecule has 3 atom stereocenters. The molecule has 2 nitrogen and oxygen atoms in total. The first-order chi connectivity index (χ1) is 8.32. The molecule has 3 fully saturated rings. The van der Waals surface area contributed by atoms with Crippen LogP contribution in [0.25, 0.3) is 0 Å². The minimum atomic E-state index is -1.62. The lowest BCUT2D eigenvalue weighted by Crippen LogP contribution is -2.74. The van der Waals surface area contributed by atoms with Gasteiger partial charge in [-0.1, -0.05) is 6.92 Å². The minimum absolute atomic E-state index is 0.125. The zero-order valence-corrected chi connectivity index (χ0v) is 14.2. The van der Waals surface area contributed by atoms with Crippen LogP contribution in [-0.4, -0.2) is 35.3 Å². The van der Waals surface area contributed by atoms with Gasteiger partial charge in [-0.3, -0.25) is 4.79 Å². The van der Waals surface area contributed by atoms with Gasteiger partial charge in [-0.15, -0.1) is 23.5 Å². The first-order valence-electron chi connectivity index (χ1n) is 6.85. The van der Waals surface area contributed by atoms with E-state index in [9.17, 15) is 4.79 Å². The number of fused-ring (bicyclic) bond motifs is 2. The fourth-order valence-corrected chi connectivity index (χ4v) is 9.19. The zero-order valence-electron chi connectivity index (χ0n) is 11.6. The van der Waals surface area contributed by atoms with Crippen LogP contribution in [0.15, 0.2) is 0 Å². The third-order valence-corrected chi connectivity index (χ3v) is 9.05. The molecule has 5 heteroatoms. The lowest BCUT2D eigenvalue weighted by molar-refractivity contribution is -0.152. The summed E-state index contributed by atoms with van der Waals surface area (Å²) < 4.78 is 6.41. The Bertz CT molecular complexity index is 387. The summed E-state index contributed by atoms with van der Waals surface area (Å²) in [5.41, 5.74) is -0.125. The Morgan fingerprint density at radius 1 is 1.28 bits per heavy atom. The first kappa shape index (κ1) is 13.5. The Kier molecular flexibility index (Phi) is 3.02. The van der Waals surface area contributed by atoms with Crippen LogP contribution in [0.4, 0.5) is 0 Å². The highest BCUT2D eigenvalue weighted by Crippen LogP contribution is 2.70. The Balaban J connectivity index is 1.99. The first-order valence-corrected chi connectivity index (χ1v) is 12.2. The molecule has 2 aliphatic carbocycles. The predicted octanol–water partition coefficient (Wildman–Crippen LogP) is 3.38. The highest BCUT2D eigenvalue weighted by molar-refractivity contribution is 8.22. The average molecular weight is 303 g/mol. The van der Waals surface area contributed by atoms with E-state index in [1.54, 1.807) is 0 Å². The van der Waals surface area contributed by atoms with Crippen molar-refractivity contribution in [2.24, 2.45) is 11.8 Å². The third-order valence-electron chi connectivity index (χ3n) is 4.39. The molecule has 1 spiro atoms. The molecule has 0 amide bonds. The van der Waals surface area contributed by atoms with Crippen LogP contribution in [0.2, 0.25) is 19.6 Å². The molecule has 102 valence electrons. The summed E-state index contributed by atoms with van der Waals surface area (Å²) >= 11 is 3.74. The fraction of sp³-hybridized carbons (Fsp3) is 0.923. The molecule has 3 aliphatic rings. The molecule has 0 aromatic carbocycles. The van der Waals surface area contributed by atoms with Crippen molar-refractivity contribution in [3.8, 4) is 0 Å². The zero-order chi connectivity index (χ0) is 13.2. The van der Waals surface area contributed by atoms with E-state index in [0.29, 0.717) is 11.7 Å². The third kappa shape index (κ3) is 1.57. The van der Waals surface area contributed by atoms with Crippen molar-refractivity contribution in [2.45, 2.75) is 49.1 Å². The smallest absolute Gasteiger partial charge is 0.184 e. The van der Waals surface area contributed by atoms with Crippen LogP contribution in [-0.2, 0) is 9.22 Å². The second-order valence-electron chi connectivity index (χ2n) is 6.78. The summed E-state index contributed by atoms with van der Waals surface area (Å²) in [6, 6.07) is 0. The quantitative estimate of drug-likeness (QED) is 0.731. The van der Waals surface area contributed by atoms with E-state index in [0.717, 1.165) is 24.3 Å². The molecule has 2 saturated carbocycles. The highest BCUT2D eigenvalue weighted by atomic mass is 32.2. The normalized spacial score (nSPS) is 42.1. The number of ketones is 1. The van der Waals surface area contributed by atoms with Crippen LogP contribution in [0.5, 0.6) is 0 Å². The number of carbonyl (C=O) groups excluding carboxylic acids is 1. The van der Waals surface area contributed by atoms with Gasteiger partial charge in [0, 0.05) is 11.5 Å². The van der Waals surface area contributed by atoms with Gasteiger partial charge >= 0.3 is 0 Å². The second-order valence-corrected chi connectivity index (χ2v) is 14.1. The summed E-state index contributed by atoms with van der Waals surface area (Å²) in [7, 11) is -1.62. The Labute approximate surface area is 119 Å². The van der Waals surface area contributed by atoms with Crippen molar-refractivity contribution in [3.05, 3.63) is 0 Å². The Morgan fingerprint density at radius 3 is 2.44 bits per heavy atom. The lowest BCUT2D eigenvalue weighted by atomic mass is 9.66. The molecule has 1 aliphatic heterocycles. The largest absolute Gasteiger partial charge is 0.409 e. The monoisotopic (exact) mass is 302 g/mol. The molecule has 0 unspecified atom stereocenters. The van der Waals surface area contributed by atoms with E-state index in [4.69, 9.17) is 4.43 Å². The molecule has 0 N–H and O–H groups in total. The summed E-state index contributed by atoms with van der Waals surface area (Å²) in [4.78, 5) is 12.7. The van der Waals surface area contributed by atoms with Crippen molar-refractivity contribution in [2.75, 3.05) is 11.5 Å². The predicted molar refractivity (Wildman–Crippen MR) is 81.7 cm³/mol. The molecule has 18 heavy (non-hydrogen) atoms. The molecule has 0 radical (unpaired) electrons. The van der Waals surface area contributed by atoms with Gasteiger partial charge in [-0.05, 0) is 38.4 Å². The van der Waals surface area contributed by atoms with E-state index in [-0.39, 0.29) is 15.6 Å². The number of rotatable bonds is 2. The van der Waals surface area contributed by atoms with Crippen molar-refractivity contribution in [1.29, 1.82) is 0 Å². The van der Waals surface area contributed by atoms with Gasteiger partial charge < -0.3 is 4.43 Å². The minimum Gasteiger partial charge on any atom is -0.409 e. The van der Waals surface area contributed by atoms with Crippen LogP contribution >= 0.6 is 23.5 Å². The average Bonchev–Trinajstić information content (AvgIpc) is 2.82. The van der Waals surface area contributed by atoms with Gasteiger partial charge in [0.15, 0.2) is 14.1 Å². The Hall–Kier alpha value is 0.547. The molecule has 1 heterocycles. The van der Waals surface area contributed by atoms with E-state index in [2.05, 4.69) is 26.6 Å². The second kappa shape index (κ2) is 4.03. The van der Waals surface area contributed by atoms with Gasteiger partial charge in [0.25, 0.3) is 0 Å². The number of hydrogen-bond acceptors (Lipinski definition) is 4. The molecule has 0 aromatic heterocycles. The molecule has 0 aromatic rings. The van der Waals surface area contributed by atoms with Gasteiger partial charge in [-0.2, -0.15) is 0 Å². The summed E-state index contributed by atoms with van der Waals surface area (Å²) in [5, 5.41) is 0. The lowest BCUT2D eigenvalue weighted by Gasteiger charge is -2.59. The number of Topliss-reactive ketones (excluding diaryl/α,β-unsaturated/α-hetero) is 1. The maximum atomic E-state index is 12.7. The van der Waals surface area contributed by atoms with Gasteiger partial charge in [0.05, 0.1) is 11.5 Å². The van der Waals surface area contributed by atoms with Gasteiger partial charge in [-0.25, -0.2) is 0 Å². The topological polar surface area (TPSA) is 26.3 Å². The van der Waals surface area contributed by atoms with Crippen molar-refractivity contribution >= 4 is 37.6 Å².